The fraction of sp³-hybridized carbons (Fsp3) is 0.526. The second kappa shape index (κ2) is 10.4. The van der Waals surface area contributed by atoms with Gasteiger partial charge in [-0.25, -0.2) is 4.79 Å². The maximum atomic E-state index is 12.7. The predicted octanol–water partition coefficient (Wildman–Crippen LogP) is 2.16. The van der Waals surface area contributed by atoms with E-state index in [1.165, 1.54) is 18.7 Å². The molecule has 0 radical (unpaired) electrons. The molecule has 0 heterocycles. The molecule has 1 aromatic carbocycles. The van der Waals surface area contributed by atoms with E-state index in [-0.39, 0.29) is 19.0 Å². The fourth-order valence-corrected chi connectivity index (χ4v) is 2.23. The molecule has 0 aliphatic rings. The minimum Gasteiger partial charge on any atom is -0.494 e. The zero-order valence-electron chi connectivity index (χ0n) is 15.8. The minimum absolute atomic E-state index is 0.110. The number of benzene rings is 1. The summed E-state index contributed by atoms with van der Waals surface area (Å²) in [6.07, 6.45) is 0.938. The number of rotatable bonds is 10. The smallest absolute Gasteiger partial charge is 0.326 e. The van der Waals surface area contributed by atoms with E-state index in [0.29, 0.717) is 23.8 Å². The Morgan fingerprint density at radius 3 is 2.27 bits per heavy atom. The monoisotopic (exact) mass is 364 g/mol. The molecule has 1 unspecified atom stereocenters. The number of ether oxygens (including phenoxy) is 1. The van der Waals surface area contributed by atoms with E-state index in [1.807, 2.05) is 0 Å². The molecule has 0 bridgehead atoms. The number of carbonyl (C=O) groups excluding carboxylic acids is 2. The lowest BCUT2D eigenvalue weighted by molar-refractivity contribution is -0.141. The molecule has 1 aromatic rings. The van der Waals surface area contributed by atoms with Crippen molar-refractivity contribution in [2.24, 2.45) is 5.92 Å². The summed E-state index contributed by atoms with van der Waals surface area (Å²) in [5, 5.41) is 11.8. The second-order valence-electron chi connectivity index (χ2n) is 6.55. The summed E-state index contributed by atoms with van der Waals surface area (Å²) >= 11 is 0. The quantitative estimate of drug-likeness (QED) is 0.663. The van der Waals surface area contributed by atoms with Gasteiger partial charge in [-0.2, -0.15) is 0 Å². The number of nitrogens with one attached hydrogen (secondary N) is 1. The summed E-state index contributed by atoms with van der Waals surface area (Å²) in [6, 6.07) is 5.63. The lowest BCUT2D eigenvalue weighted by Gasteiger charge is -2.26. The number of amides is 2. The molecular formula is C19H28N2O5. The molecule has 2 N–H and O–H groups in total. The van der Waals surface area contributed by atoms with Crippen molar-refractivity contribution in [2.75, 3.05) is 19.7 Å². The first-order valence-electron chi connectivity index (χ1n) is 8.73. The molecule has 0 aromatic heterocycles. The van der Waals surface area contributed by atoms with Crippen LogP contribution in [0.2, 0.25) is 0 Å². The van der Waals surface area contributed by atoms with Crippen molar-refractivity contribution in [3.05, 3.63) is 29.8 Å². The Bertz CT molecular complexity index is 613. The maximum absolute atomic E-state index is 12.7. The van der Waals surface area contributed by atoms with Crippen LogP contribution in [0.4, 0.5) is 0 Å². The van der Waals surface area contributed by atoms with Crippen LogP contribution in [0, 0.1) is 5.92 Å². The minimum atomic E-state index is -1.10. The van der Waals surface area contributed by atoms with Gasteiger partial charge in [0.2, 0.25) is 5.91 Å². The SMILES string of the molecule is CC(=O)NCCN(C(=O)c1ccc(OCCC(C)C)cc1)C(C)C(=O)O. The van der Waals surface area contributed by atoms with Gasteiger partial charge in [-0.05, 0) is 43.5 Å². The van der Waals surface area contributed by atoms with E-state index >= 15 is 0 Å². The normalized spacial score (nSPS) is 11.7. The first kappa shape index (κ1) is 21.5. The van der Waals surface area contributed by atoms with E-state index in [1.54, 1.807) is 24.3 Å². The van der Waals surface area contributed by atoms with Crippen LogP contribution in [0.15, 0.2) is 24.3 Å². The van der Waals surface area contributed by atoms with E-state index in [9.17, 15) is 19.5 Å². The highest BCUT2D eigenvalue weighted by atomic mass is 16.5. The molecule has 1 atom stereocenters. The first-order valence-corrected chi connectivity index (χ1v) is 8.73. The Morgan fingerprint density at radius 1 is 1.15 bits per heavy atom. The Balaban J connectivity index is 2.79. The molecule has 144 valence electrons. The van der Waals surface area contributed by atoms with Gasteiger partial charge in [0.25, 0.3) is 5.91 Å². The number of hydrogen-bond donors (Lipinski definition) is 2. The third-order valence-corrected chi connectivity index (χ3v) is 3.88. The fourth-order valence-electron chi connectivity index (χ4n) is 2.23. The topological polar surface area (TPSA) is 95.9 Å². The number of carboxylic acids is 1. The van der Waals surface area contributed by atoms with Crippen LogP contribution in [0.25, 0.3) is 0 Å². The number of nitrogens with zero attached hydrogens (tertiary/aromatic N) is 1. The van der Waals surface area contributed by atoms with Crippen LogP contribution >= 0.6 is 0 Å². The summed E-state index contributed by atoms with van der Waals surface area (Å²) < 4.78 is 5.62. The Labute approximate surface area is 154 Å². The molecule has 2 amide bonds. The van der Waals surface area contributed by atoms with Crippen molar-refractivity contribution in [3.63, 3.8) is 0 Å². The molecule has 0 saturated heterocycles. The van der Waals surface area contributed by atoms with Crippen molar-refractivity contribution in [1.82, 2.24) is 10.2 Å². The summed E-state index contributed by atoms with van der Waals surface area (Å²) in [5.74, 6) is -0.527. The van der Waals surface area contributed by atoms with Crippen molar-refractivity contribution < 1.29 is 24.2 Å². The largest absolute Gasteiger partial charge is 0.494 e. The zero-order chi connectivity index (χ0) is 19.7. The van der Waals surface area contributed by atoms with Gasteiger partial charge in [0.1, 0.15) is 11.8 Å². The summed E-state index contributed by atoms with van der Waals surface area (Å²) in [5.41, 5.74) is 0.372. The first-order chi connectivity index (χ1) is 12.2. The van der Waals surface area contributed by atoms with Crippen LogP contribution in [-0.4, -0.2) is 53.5 Å². The van der Waals surface area contributed by atoms with Gasteiger partial charge in [0.05, 0.1) is 6.61 Å². The van der Waals surface area contributed by atoms with E-state index < -0.39 is 17.9 Å². The van der Waals surface area contributed by atoms with Crippen molar-refractivity contribution >= 4 is 17.8 Å². The van der Waals surface area contributed by atoms with Gasteiger partial charge in [-0.3, -0.25) is 9.59 Å². The zero-order valence-corrected chi connectivity index (χ0v) is 15.8. The molecule has 7 heteroatoms. The Hall–Kier alpha value is -2.57. The van der Waals surface area contributed by atoms with Crippen LogP contribution in [0.5, 0.6) is 5.75 Å². The third kappa shape index (κ3) is 7.13. The average molecular weight is 364 g/mol. The van der Waals surface area contributed by atoms with E-state index in [2.05, 4.69) is 19.2 Å². The Morgan fingerprint density at radius 2 is 1.77 bits per heavy atom. The van der Waals surface area contributed by atoms with Gasteiger partial charge in [0, 0.05) is 25.6 Å². The number of aliphatic carboxylic acids is 1. The number of hydrogen-bond acceptors (Lipinski definition) is 4. The van der Waals surface area contributed by atoms with E-state index in [4.69, 9.17) is 4.74 Å². The molecule has 26 heavy (non-hydrogen) atoms. The predicted molar refractivity (Wildman–Crippen MR) is 98.2 cm³/mol. The lowest BCUT2D eigenvalue weighted by atomic mass is 10.1. The van der Waals surface area contributed by atoms with Crippen molar-refractivity contribution in [2.45, 2.75) is 40.2 Å². The number of carboxylic acid groups (broad SMARTS) is 1. The van der Waals surface area contributed by atoms with Crippen LogP contribution in [-0.2, 0) is 9.59 Å². The average Bonchev–Trinajstić information content (AvgIpc) is 2.57. The van der Waals surface area contributed by atoms with Gasteiger partial charge < -0.3 is 20.1 Å². The summed E-state index contributed by atoms with van der Waals surface area (Å²) in [4.78, 5) is 36.2. The molecule has 0 saturated carbocycles. The van der Waals surface area contributed by atoms with Gasteiger partial charge in [-0.15, -0.1) is 0 Å². The molecule has 0 aliphatic heterocycles. The molecule has 0 aliphatic carbocycles. The van der Waals surface area contributed by atoms with Crippen LogP contribution in [0.1, 0.15) is 44.5 Å². The van der Waals surface area contributed by atoms with Crippen LogP contribution in [0.3, 0.4) is 0 Å². The molecule has 7 nitrogen and oxygen atoms in total. The van der Waals surface area contributed by atoms with Gasteiger partial charge >= 0.3 is 5.97 Å². The van der Waals surface area contributed by atoms with Crippen molar-refractivity contribution in [3.8, 4) is 5.75 Å². The van der Waals surface area contributed by atoms with Gasteiger partial charge in [0.15, 0.2) is 0 Å². The van der Waals surface area contributed by atoms with Crippen LogP contribution < -0.4 is 10.1 Å². The highest BCUT2D eigenvalue weighted by Gasteiger charge is 2.26. The maximum Gasteiger partial charge on any atom is 0.326 e. The summed E-state index contributed by atoms with van der Waals surface area (Å²) in [7, 11) is 0. The van der Waals surface area contributed by atoms with Crippen molar-refractivity contribution in [1.29, 1.82) is 0 Å². The standard InChI is InChI=1S/C19H28N2O5/c1-13(2)9-12-26-17-7-5-16(6-8-17)18(23)21(14(3)19(24)25)11-10-20-15(4)22/h5-8,13-14H,9-12H2,1-4H3,(H,20,22)(H,24,25). The Kier molecular flexibility index (Phi) is 8.61. The van der Waals surface area contributed by atoms with E-state index in [0.717, 1.165) is 6.42 Å². The molecule has 1 rings (SSSR count). The highest BCUT2D eigenvalue weighted by Crippen LogP contribution is 2.16. The number of carbonyl (C=O) groups is 3. The second-order valence-corrected chi connectivity index (χ2v) is 6.55. The highest BCUT2D eigenvalue weighted by molar-refractivity contribution is 5.96. The molecule has 0 spiro atoms. The summed E-state index contributed by atoms with van der Waals surface area (Å²) in [6.45, 7) is 7.94. The molecule has 0 fully saturated rings. The molecular weight excluding hydrogens is 336 g/mol. The third-order valence-electron chi connectivity index (χ3n) is 3.88. The lowest BCUT2D eigenvalue weighted by Crippen LogP contribution is -2.46. The van der Waals surface area contributed by atoms with Gasteiger partial charge in [-0.1, -0.05) is 13.8 Å².